The zero-order valence-electron chi connectivity index (χ0n) is 60.9. The summed E-state index contributed by atoms with van der Waals surface area (Å²) in [6.45, 7) is 0. The Kier molecular flexibility index (Phi) is 9.19. The number of hydrogen-bond donors (Lipinski definition) is 0. The highest BCUT2D eigenvalue weighted by atomic mass is 32.1. The van der Waals surface area contributed by atoms with Crippen LogP contribution in [0.25, 0.3) is 164 Å². The second-order valence-electron chi connectivity index (χ2n) is 20.7. The van der Waals surface area contributed by atoms with Gasteiger partial charge in [0, 0.05) is 107 Å². The molecule has 0 saturated heterocycles. The second kappa shape index (κ2) is 21.3. The highest BCUT2D eigenvalue weighted by molar-refractivity contribution is 7.26. The molecule has 8 nitrogen and oxygen atoms in total. The molecule has 0 radical (unpaired) electrons. The topological polar surface area (TPSA) is 87.2 Å². The van der Waals surface area contributed by atoms with Gasteiger partial charge in [-0.1, -0.05) is 194 Å². The highest BCUT2D eigenvalue weighted by Gasteiger charge is 2.20. The Morgan fingerprint density at radius 2 is 0.557 bits per heavy atom. The number of fused-ring (bicyclic) bond motifs is 12. The fourth-order valence-corrected chi connectivity index (χ4v) is 13.8. The van der Waals surface area contributed by atoms with Gasteiger partial charge in [0.15, 0.2) is 34.9 Å². The predicted octanol–water partition coefficient (Wildman–Crippen LogP) is 20.7. The first-order valence-corrected chi connectivity index (χ1v) is 29.6. The monoisotopic (exact) mass is 1180 g/mol. The van der Waals surface area contributed by atoms with E-state index in [0.29, 0.717) is 28.3 Å². The molecule has 0 aliphatic heterocycles. The molecule has 412 valence electrons. The van der Waals surface area contributed by atoms with Crippen LogP contribution in [0.4, 0.5) is 0 Å². The first kappa shape index (κ1) is 37.9. The number of para-hydroxylation sites is 2. The molecular formula is C78H48N8S2. The minimum atomic E-state index is -0.597. The molecule has 0 amide bonds. The number of benzene rings is 12. The van der Waals surface area contributed by atoms with E-state index in [4.69, 9.17) is 25.5 Å². The van der Waals surface area contributed by atoms with Crippen molar-refractivity contribution in [2.45, 2.75) is 0 Å². The summed E-state index contributed by atoms with van der Waals surface area (Å²) in [5.74, 6) is 0.0759. The van der Waals surface area contributed by atoms with Crippen molar-refractivity contribution < 1.29 is 20.6 Å². The van der Waals surface area contributed by atoms with E-state index in [9.17, 15) is 0 Å². The van der Waals surface area contributed by atoms with Gasteiger partial charge in [-0.05, 0) is 97.1 Å². The van der Waals surface area contributed by atoms with Crippen molar-refractivity contribution in [1.29, 1.82) is 0 Å². The second-order valence-corrected chi connectivity index (χ2v) is 22.9. The Balaban J connectivity index is 0.000000153. The van der Waals surface area contributed by atoms with Gasteiger partial charge in [0.05, 0.1) is 42.6 Å². The van der Waals surface area contributed by atoms with Crippen LogP contribution in [-0.4, -0.2) is 39.0 Å². The van der Waals surface area contributed by atoms with E-state index in [1.54, 1.807) is 34.8 Å². The van der Waals surface area contributed by atoms with Crippen LogP contribution in [0.2, 0.25) is 0 Å². The van der Waals surface area contributed by atoms with Gasteiger partial charge < -0.3 is 9.13 Å². The maximum atomic E-state index is 8.59. The number of aromatic nitrogens is 8. The maximum Gasteiger partial charge on any atom is 0.164 e. The number of rotatable bonds is 8. The molecule has 0 fully saturated rings. The van der Waals surface area contributed by atoms with Gasteiger partial charge >= 0.3 is 0 Å². The van der Waals surface area contributed by atoms with E-state index in [0.717, 1.165) is 48.9 Å². The Hall–Kier alpha value is -11.3. The molecule has 18 aromatic rings. The minimum absolute atomic E-state index is 0.00868. The summed E-state index contributed by atoms with van der Waals surface area (Å²) in [5.41, 5.74) is 7.24. The molecule has 10 heteroatoms. The molecule has 18 rings (SSSR count). The predicted molar refractivity (Wildman–Crippen MR) is 367 cm³/mol. The normalized spacial score (nSPS) is 14.0. The van der Waals surface area contributed by atoms with Crippen LogP contribution in [0.5, 0.6) is 0 Å². The van der Waals surface area contributed by atoms with E-state index in [1.807, 2.05) is 84.9 Å². The summed E-state index contributed by atoms with van der Waals surface area (Å²) in [5, 5.41) is 9.49. The highest BCUT2D eigenvalue weighted by Crippen LogP contribution is 2.43. The van der Waals surface area contributed by atoms with Crippen molar-refractivity contribution in [2.75, 3.05) is 0 Å². The fourth-order valence-electron chi connectivity index (χ4n) is 11.6. The third kappa shape index (κ3) is 8.97. The van der Waals surface area contributed by atoms with Crippen molar-refractivity contribution >= 4 is 107 Å². The van der Waals surface area contributed by atoms with Crippen LogP contribution in [0.3, 0.4) is 0 Å². The van der Waals surface area contributed by atoms with Crippen molar-refractivity contribution in [3.8, 4) is 79.7 Å². The summed E-state index contributed by atoms with van der Waals surface area (Å²) < 4.78 is 134. The van der Waals surface area contributed by atoms with Gasteiger partial charge in [-0.25, -0.2) is 29.9 Å². The fraction of sp³-hybridized carbons (Fsp3) is 0. The molecule has 0 bridgehead atoms. The van der Waals surface area contributed by atoms with E-state index in [-0.39, 0.29) is 52.1 Å². The number of nitrogens with zero attached hydrogens (tertiary/aromatic N) is 8. The van der Waals surface area contributed by atoms with Crippen molar-refractivity contribution in [2.24, 2.45) is 0 Å². The SMILES string of the molecule is [2H]c1c([2H])c([2H])c(-c2nc(-c3ccc(-n4c5ccccc5c5cc6c(cc54)sc4ccccc46)cc3)nc(-c3c([2H])c([2H])c([2H])c([2H])c3[2H])n2)c([2H])c1[2H].[2H]c1c([2H])c([2H])c(-c2nc(-c3ccccc3)nc(-c3ccc(-n4c5ccccc5c5cc6c(cc54)sc4ccccc46)cc3)n2)c([2H])c1[2H]. The average Bonchev–Trinajstić information content (AvgIpc) is 1.56. The number of hydrogen-bond acceptors (Lipinski definition) is 8. The summed E-state index contributed by atoms with van der Waals surface area (Å²) in [6, 6.07) is 59.4. The average molecular weight is 1180 g/mol. The van der Waals surface area contributed by atoms with Gasteiger partial charge in [0.1, 0.15) is 0 Å². The quantitative estimate of drug-likeness (QED) is 0.151. The van der Waals surface area contributed by atoms with Gasteiger partial charge in [-0.15, -0.1) is 22.7 Å². The lowest BCUT2D eigenvalue weighted by molar-refractivity contribution is 1.07. The summed E-state index contributed by atoms with van der Waals surface area (Å²) in [6.07, 6.45) is 0. The Labute approximate surface area is 534 Å². The Morgan fingerprint density at radius 3 is 0.943 bits per heavy atom. The van der Waals surface area contributed by atoms with Gasteiger partial charge in [0.25, 0.3) is 0 Å². The molecule has 0 saturated carbocycles. The van der Waals surface area contributed by atoms with Gasteiger partial charge in [-0.2, -0.15) is 0 Å². The Bertz CT molecular complexity index is 6470. The lowest BCUT2D eigenvalue weighted by Gasteiger charge is -2.11. The lowest BCUT2D eigenvalue weighted by Crippen LogP contribution is -2.00. The zero-order valence-corrected chi connectivity index (χ0v) is 47.6. The van der Waals surface area contributed by atoms with Gasteiger partial charge in [-0.3, -0.25) is 0 Å². The third-order valence-electron chi connectivity index (χ3n) is 15.6. The first-order valence-electron chi connectivity index (χ1n) is 35.5. The summed E-state index contributed by atoms with van der Waals surface area (Å²) >= 11 is 3.54. The van der Waals surface area contributed by atoms with Gasteiger partial charge in [0.2, 0.25) is 0 Å². The van der Waals surface area contributed by atoms with Crippen molar-refractivity contribution in [1.82, 2.24) is 39.0 Å². The largest absolute Gasteiger partial charge is 0.309 e. The first-order chi connectivity index (χ1) is 49.8. The zero-order chi connectivity index (χ0) is 71.1. The molecule has 0 unspecified atom stereocenters. The molecule has 0 spiro atoms. The molecule has 0 aliphatic carbocycles. The van der Waals surface area contributed by atoms with Crippen LogP contribution < -0.4 is 0 Å². The van der Waals surface area contributed by atoms with Crippen molar-refractivity contribution in [3.05, 3.63) is 291 Å². The minimum Gasteiger partial charge on any atom is -0.309 e. The molecule has 12 aromatic carbocycles. The molecular weight excluding hydrogens is 1110 g/mol. The summed E-state index contributed by atoms with van der Waals surface area (Å²) in [7, 11) is 0. The van der Waals surface area contributed by atoms with E-state index >= 15 is 0 Å². The summed E-state index contributed by atoms with van der Waals surface area (Å²) in [4.78, 5) is 27.6. The number of thiophene rings is 2. The van der Waals surface area contributed by atoms with E-state index in [2.05, 4.69) is 137 Å². The van der Waals surface area contributed by atoms with Crippen LogP contribution in [0.1, 0.15) is 20.6 Å². The molecule has 6 heterocycles. The molecule has 88 heavy (non-hydrogen) atoms. The molecule has 0 aliphatic rings. The van der Waals surface area contributed by atoms with Crippen molar-refractivity contribution in [3.63, 3.8) is 0 Å². The smallest absolute Gasteiger partial charge is 0.164 e. The molecule has 0 atom stereocenters. The van der Waals surface area contributed by atoms with Crippen LogP contribution >= 0.6 is 22.7 Å². The maximum absolute atomic E-state index is 8.59. The van der Waals surface area contributed by atoms with E-state index < -0.39 is 78.6 Å². The molecule has 6 aromatic heterocycles. The molecule has 0 N–H and O–H groups in total. The van der Waals surface area contributed by atoms with E-state index in [1.165, 1.54) is 46.4 Å². The van der Waals surface area contributed by atoms with Crippen LogP contribution in [0, 0.1) is 0 Å². The third-order valence-corrected chi connectivity index (χ3v) is 17.9. The standard InChI is InChI=1S/2C39H24N4S/c2*1-3-11-25(12-4-1)37-40-38(26-13-5-2-6-14-26)42-39(41-37)27-19-21-28(22-20-27)43-33-17-9-7-15-29(33)31-23-32-30-16-8-10-18-35(30)44-36(32)24-34(31)43/h2*1-24H/i1D,2D,3D,4D,5D,6D,11D,12D,13D,14D;1D,3D,4D,11D,12D. The van der Waals surface area contributed by atoms with Crippen LogP contribution in [-0.2, 0) is 0 Å². The lowest BCUT2D eigenvalue weighted by atomic mass is 10.1. The Morgan fingerprint density at radius 1 is 0.239 bits per heavy atom. The van der Waals surface area contributed by atoms with Crippen LogP contribution in [0.15, 0.2) is 291 Å².